The van der Waals surface area contributed by atoms with Crippen molar-refractivity contribution in [2.24, 2.45) is 0 Å². The van der Waals surface area contributed by atoms with Crippen LogP contribution in [0.3, 0.4) is 0 Å². The average Bonchev–Trinajstić information content (AvgIpc) is 2.69. The number of nitrogens with zero attached hydrogens (tertiary/aromatic N) is 1. The number of benzene rings is 1. The van der Waals surface area contributed by atoms with Crippen LogP contribution in [0, 0.1) is 0 Å². The molecular weight excluding hydrogens is 376 g/mol. The second kappa shape index (κ2) is 11.5. The number of allylic oxidation sites excluding steroid dienone is 3. The quantitative estimate of drug-likeness (QED) is 0.285. The van der Waals surface area contributed by atoms with Gasteiger partial charge in [-0.25, -0.2) is 0 Å². The van der Waals surface area contributed by atoms with Crippen molar-refractivity contribution in [3.8, 4) is 11.5 Å². The molecule has 0 bridgehead atoms. The number of unbranched alkanes of at least 4 members (excludes halogenated alkanes) is 1. The predicted molar refractivity (Wildman–Crippen MR) is 127 cm³/mol. The molecule has 0 saturated carbocycles. The lowest BCUT2D eigenvalue weighted by atomic mass is 10.1. The van der Waals surface area contributed by atoms with Gasteiger partial charge in [-0.15, -0.1) is 0 Å². The number of hydrogen-bond donors (Lipinski definition) is 1. The number of pyridine rings is 1. The van der Waals surface area contributed by atoms with Gasteiger partial charge in [0, 0.05) is 17.6 Å². The van der Waals surface area contributed by atoms with E-state index < -0.39 is 0 Å². The van der Waals surface area contributed by atoms with Gasteiger partial charge in [0.15, 0.2) is 5.75 Å². The maximum Gasteiger partial charge on any atom is 0.297 e. The van der Waals surface area contributed by atoms with Gasteiger partial charge in [-0.3, -0.25) is 4.79 Å². The first-order valence-corrected chi connectivity index (χ1v) is 10.9. The Hall–Kier alpha value is -2.69. The van der Waals surface area contributed by atoms with E-state index in [-0.39, 0.29) is 11.3 Å². The molecule has 5 nitrogen and oxygen atoms in total. The van der Waals surface area contributed by atoms with Gasteiger partial charge in [-0.05, 0) is 71.2 Å². The molecule has 0 saturated heterocycles. The van der Waals surface area contributed by atoms with Crippen LogP contribution in [0.25, 0.3) is 10.9 Å². The van der Waals surface area contributed by atoms with E-state index in [1.807, 2.05) is 31.2 Å². The molecule has 1 aromatic carbocycles. The molecule has 2 N–H and O–H groups in total. The molecular formula is C25H36N2O3. The van der Waals surface area contributed by atoms with Crippen LogP contribution in [-0.2, 0) is 6.54 Å². The number of hydrogen-bond acceptors (Lipinski definition) is 4. The third kappa shape index (κ3) is 6.15. The smallest absolute Gasteiger partial charge is 0.297 e. The zero-order chi connectivity index (χ0) is 22.1. The zero-order valence-electron chi connectivity index (χ0n) is 19.1. The van der Waals surface area contributed by atoms with Crippen LogP contribution >= 0.6 is 0 Å². The third-order valence-electron chi connectivity index (χ3n) is 5.01. The number of aromatic nitrogens is 1. The van der Waals surface area contributed by atoms with Gasteiger partial charge in [0.05, 0.1) is 12.1 Å². The van der Waals surface area contributed by atoms with E-state index in [0.29, 0.717) is 31.2 Å². The molecule has 0 fully saturated rings. The second-order valence-corrected chi connectivity index (χ2v) is 7.87. The molecule has 2 aromatic rings. The molecule has 0 unspecified atom stereocenters. The van der Waals surface area contributed by atoms with E-state index in [1.54, 1.807) is 4.57 Å². The molecule has 1 heterocycles. The van der Waals surface area contributed by atoms with Gasteiger partial charge in [-0.1, -0.05) is 30.6 Å². The van der Waals surface area contributed by atoms with E-state index in [2.05, 4.69) is 33.8 Å². The minimum absolute atomic E-state index is 0.183. The SMILES string of the molecule is CCCCOc1c(OC/C=C(\C)CCC=C(C)C)c(=O)n(CC)c2cc(N)ccc12. The molecule has 5 heteroatoms. The van der Waals surface area contributed by atoms with E-state index in [1.165, 1.54) is 11.1 Å². The van der Waals surface area contributed by atoms with Gasteiger partial charge in [-0.2, -0.15) is 0 Å². The molecule has 1 aromatic heterocycles. The largest absolute Gasteiger partial charge is 0.489 e. The molecule has 0 aliphatic carbocycles. The number of ether oxygens (including phenoxy) is 2. The summed E-state index contributed by atoms with van der Waals surface area (Å²) >= 11 is 0. The number of nitrogen functional groups attached to an aromatic ring is 1. The van der Waals surface area contributed by atoms with Crippen molar-refractivity contribution < 1.29 is 9.47 Å². The monoisotopic (exact) mass is 412 g/mol. The number of fused-ring (bicyclic) bond motifs is 1. The fraction of sp³-hybridized carbons (Fsp3) is 0.480. The molecule has 0 spiro atoms. The maximum absolute atomic E-state index is 13.2. The number of rotatable bonds is 11. The highest BCUT2D eigenvalue weighted by molar-refractivity contribution is 5.90. The number of nitrogens with two attached hydrogens (primary N) is 1. The zero-order valence-corrected chi connectivity index (χ0v) is 19.1. The Morgan fingerprint density at radius 3 is 2.53 bits per heavy atom. The summed E-state index contributed by atoms with van der Waals surface area (Å²) in [7, 11) is 0. The van der Waals surface area contributed by atoms with Crippen LogP contribution in [0.2, 0.25) is 0 Å². The van der Waals surface area contributed by atoms with Crippen molar-refractivity contribution >= 4 is 16.6 Å². The number of aryl methyl sites for hydroxylation is 1. The normalized spacial score (nSPS) is 11.6. The Morgan fingerprint density at radius 2 is 1.87 bits per heavy atom. The van der Waals surface area contributed by atoms with Crippen molar-refractivity contribution in [3.05, 3.63) is 51.9 Å². The highest BCUT2D eigenvalue weighted by Gasteiger charge is 2.19. The number of anilines is 1. The lowest BCUT2D eigenvalue weighted by molar-refractivity contribution is 0.278. The molecule has 0 aliphatic rings. The van der Waals surface area contributed by atoms with E-state index in [4.69, 9.17) is 15.2 Å². The summed E-state index contributed by atoms with van der Waals surface area (Å²) in [6.45, 7) is 11.8. The molecule has 164 valence electrons. The van der Waals surface area contributed by atoms with Crippen LogP contribution in [-0.4, -0.2) is 17.8 Å². The second-order valence-electron chi connectivity index (χ2n) is 7.87. The summed E-state index contributed by atoms with van der Waals surface area (Å²) in [5.74, 6) is 0.794. The van der Waals surface area contributed by atoms with Gasteiger partial charge in [0.1, 0.15) is 6.61 Å². The van der Waals surface area contributed by atoms with Crippen LogP contribution in [0.4, 0.5) is 5.69 Å². The molecule has 0 radical (unpaired) electrons. The summed E-state index contributed by atoms with van der Waals surface area (Å²) in [6.07, 6.45) is 8.18. The first-order chi connectivity index (χ1) is 14.4. The Bertz CT molecular complexity index is 966. The molecule has 2 rings (SSSR count). The molecule has 0 aliphatic heterocycles. The minimum Gasteiger partial charge on any atom is -0.489 e. The van der Waals surface area contributed by atoms with Crippen molar-refractivity contribution in [2.45, 2.75) is 66.8 Å². The summed E-state index contributed by atoms with van der Waals surface area (Å²) in [5, 5.41) is 0.848. The van der Waals surface area contributed by atoms with Crippen molar-refractivity contribution in [3.63, 3.8) is 0 Å². The molecule has 0 atom stereocenters. The fourth-order valence-electron chi connectivity index (χ4n) is 3.28. The standard InChI is InChI=1S/C25H36N2O3/c1-6-8-15-29-23-21-13-12-20(26)17-22(21)27(7-2)25(28)24(23)30-16-14-19(5)11-9-10-18(3)4/h10,12-14,17H,6-9,11,15-16,26H2,1-5H3/b19-14+. The fourth-order valence-corrected chi connectivity index (χ4v) is 3.28. The van der Waals surface area contributed by atoms with Gasteiger partial charge < -0.3 is 19.8 Å². The minimum atomic E-state index is -0.183. The van der Waals surface area contributed by atoms with E-state index in [0.717, 1.165) is 36.6 Å². The van der Waals surface area contributed by atoms with Gasteiger partial charge >= 0.3 is 0 Å². The van der Waals surface area contributed by atoms with Crippen LogP contribution in [0.1, 0.15) is 60.3 Å². The first kappa shape index (κ1) is 23.6. The molecule has 0 amide bonds. The molecule has 30 heavy (non-hydrogen) atoms. The summed E-state index contributed by atoms with van der Waals surface area (Å²) in [5.41, 5.74) is 9.75. The maximum atomic E-state index is 13.2. The highest BCUT2D eigenvalue weighted by Crippen LogP contribution is 2.34. The summed E-state index contributed by atoms with van der Waals surface area (Å²) in [4.78, 5) is 13.2. The Labute approximate surface area is 180 Å². The predicted octanol–water partition coefficient (Wildman–Crippen LogP) is 5.85. The van der Waals surface area contributed by atoms with Crippen LogP contribution in [0.5, 0.6) is 11.5 Å². The topological polar surface area (TPSA) is 66.5 Å². The highest BCUT2D eigenvalue weighted by atomic mass is 16.5. The third-order valence-corrected chi connectivity index (χ3v) is 5.01. The van der Waals surface area contributed by atoms with Crippen molar-refractivity contribution in [2.75, 3.05) is 18.9 Å². The van der Waals surface area contributed by atoms with Gasteiger partial charge in [0.25, 0.3) is 5.56 Å². The summed E-state index contributed by atoms with van der Waals surface area (Å²) in [6, 6.07) is 5.56. The average molecular weight is 413 g/mol. The lowest BCUT2D eigenvalue weighted by Gasteiger charge is -2.18. The summed E-state index contributed by atoms with van der Waals surface area (Å²) < 4.78 is 13.7. The van der Waals surface area contributed by atoms with E-state index >= 15 is 0 Å². The van der Waals surface area contributed by atoms with Gasteiger partial charge in [0.2, 0.25) is 5.75 Å². The van der Waals surface area contributed by atoms with E-state index in [9.17, 15) is 4.79 Å². The Kier molecular flexibility index (Phi) is 9.03. The van der Waals surface area contributed by atoms with Crippen molar-refractivity contribution in [1.82, 2.24) is 4.57 Å². The first-order valence-electron chi connectivity index (χ1n) is 10.9. The van der Waals surface area contributed by atoms with Crippen LogP contribution < -0.4 is 20.8 Å². The Balaban J connectivity index is 2.37. The van der Waals surface area contributed by atoms with Crippen molar-refractivity contribution in [1.29, 1.82) is 0 Å². The van der Waals surface area contributed by atoms with Crippen LogP contribution in [0.15, 0.2) is 46.3 Å². The lowest BCUT2D eigenvalue weighted by Crippen LogP contribution is -2.23. The Morgan fingerprint density at radius 1 is 1.10 bits per heavy atom.